The third kappa shape index (κ3) is 1.56. The van der Waals surface area contributed by atoms with Crippen molar-refractivity contribution in [2.24, 2.45) is 0 Å². The Labute approximate surface area is 66.3 Å². The van der Waals surface area contributed by atoms with E-state index in [4.69, 9.17) is 0 Å². The number of aryl methyl sites for hydroxylation is 1. The largest absolute Gasteiger partial charge is 0.261 e. The number of hydrogen-bond acceptors (Lipinski definition) is 1. The molecule has 60 valence electrons. The van der Waals surface area contributed by atoms with Crippen molar-refractivity contribution in [2.75, 3.05) is 0 Å². The summed E-state index contributed by atoms with van der Waals surface area (Å²) < 4.78 is 13.1. The number of aromatic nitrogens is 1. The SMILES string of the molecule is Cc1nccc(F)c1C(C)C. The van der Waals surface area contributed by atoms with E-state index in [0.717, 1.165) is 11.3 Å². The Balaban J connectivity index is 3.21. The second kappa shape index (κ2) is 2.99. The van der Waals surface area contributed by atoms with Gasteiger partial charge < -0.3 is 0 Å². The molecule has 0 amide bonds. The van der Waals surface area contributed by atoms with E-state index >= 15 is 0 Å². The predicted molar refractivity (Wildman–Crippen MR) is 43.0 cm³/mol. The van der Waals surface area contributed by atoms with Gasteiger partial charge in [-0.2, -0.15) is 0 Å². The fourth-order valence-corrected chi connectivity index (χ4v) is 1.24. The van der Waals surface area contributed by atoms with Gasteiger partial charge in [-0.05, 0) is 18.9 Å². The van der Waals surface area contributed by atoms with Crippen LogP contribution in [-0.4, -0.2) is 4.98 Å². The molecular weight excluding hydrogens is 141 g/mol. The first-order chi connectivity index (χ1) is 5.13. The second-order valence-electron chi connectivity index (χ2n) is 2.95. The third-order valence-electron chi connectivity index (χ3n) is 1.71. The minimum Gasteiger partial charge on any atom is -0.261 e. The zero-order valence-corrected chi connectivity index (χ0v) is 7.06. The molecule has 0 spiro atoms. The van der Waals surface area contributed by atoms with Crippen molar-refractivity contribution in [3.05, 3.63) is 29.3 Å². The van der Waals surface area contributed by atoms with E-state index in [1.54, 1.807) is 0 Å². The Morgan fingerprint density at radius 1 is 1.45 bits per heavy atom. The van der Waals surface area contributed by atoms with Gasteiger partial charge in [-0.15, -0.1) is 0 Å². The van der Waals surface area contributed by atoms with E-state index < -0.39 is 0 Å². The van der Waals surface area contributed by atoms with Crippen molar-refractivity contribution < 1.29 is 4.39 Å². The molecule has 0 saturated carbocycles. The van der Waals surface area contributed by atoms with Crippen LogP contribution in [0.3, 0.4) is 0 Å². The van der Waals surface area contributed by atoms with Crippen LogP contribution < -0.4 is 0 Å². The lowest BCUT2D eigenvalue weighted by Crippen LogP contribution is -1.98. The zero-order valence-electron chi connectivity index (χ0n) is 7.06. The summed E-state index contributed by atoms with van der Waals surface area (Å²) in [7, 11) is 0. The van der Waals surface area contributed by atoms with E-state index in [0.29, 0.717) is 0 Å². The number of hydrogen-bond donors (Lipinski definition) is 0. The first-order valence-corrected chi connectivity index (χ1v) is 3.74. The fourth-order valence-electron chi connectivity index (χ4n) is 1.24. The molecule has 1 aromatic heterocycles. The summed E-state index contributed by atoms with van der Waals surface area (Å²) in [6.45, 7) is 5.76. The summed E-state index contributed by atoms with van der Waals surface area (Å²) >= 11 is 0. The molecule has 0 aliphatic carbocycles. The molecule has 0 aliphatic rings. The van der Waals surface area contributed by atoms with Gasteiger partial charge in [0.2, 0.25) is 0 Å². The Morgan fingerprint density at radius 2 is 2.09 bits per heavy atom. The maximum absolute atomic E-state index is 13.1. The molecule has 2 heteroatoms. The Bertz CT molecular complexity index is 235. The average molecular weight is 153 g/mol. The van der Waals surface area contributed by atoms with Crippen molar-refractivity contribution in [3.63, 3.8) is 0 Å². The zero-order chi connectivity index (χ0) is 8.43. The number of nitrogens with zero attached hydrogens (tertiary/aromatic N) is 1. The van der Waals surface area contributed by atoms with Gasteiger partial charge in [0.05, 0.1) is 0 Å². The van der Waals surface area contributed by atoms with Crippen LogP contribution in [0, 0.1) is 12.7 Å². The highest BCUT2D eigenvalue weighted by Gasteiger charge is 2.09. The fraction of sp³-hybridized carbons (Fsp3) is 0.444. The summed E-state index contributed by atoms with van der Waals surface area (Å²) in [5.41, 5.74) is 1.52. The van der Waals surface area contributed by atoms with Crippen LogP contribution >= 0.6 is 0 Å². The smallest absolute Gasteiger partial charge is 0.129 e. The van der Waals surface area contributed by atoms with Crippen molar-refractivity contribution in [3.8, 4) is 0 Å². The van der Waals surface area contributed by atoms with Gasteiger partial charge in [-0.25, -0.2) is 4.39 Å². The lowest BCUT2D eigenvalue weighted by atomic mass is 10.0. The molecule has 0 atom stereocenters. The second-order valence-corrected chi connectivity index (χ2v) is 2.95. The van der Waals surface area contributed by atoms with Crippen LogP contribution in [0.1, 0.15) is 31.0 Å². The molecule has 0 unspecified atom stereocenters. The summed E-state index contributed by atoms with van der Waals surface area (Å²) in [6.07, 6.45) is 1.50. The van der Waals surface area contributed by atoms with Crippen LogP contribution in [0.5, 0.6) is 0 Å². The van der Waals surface area contributed by atoms with Crippen LogP contribution in [-0.2, 0) is 0 Å². The van der Waals surface area contributed by atoms with E-state index in [9.17, 15) is 4.39 Å². The maximum atomic E-state index is 13.1. The first-order valence-electron chi connectivity index (χ1n) is 3.74. The highest BCUT2D eigenvalue weighted by molar-refractivity contribution is 5.23. The van der Waals surface area contributed by atoms with E-state index in [2.05, 4.69) is 4.98 Å². The maximum Gasteiger partial charge on any atom is 0.129 e. The van der Waals surface area contributed by atoms with Crippen LogP contribution in [0.2, 0.25) is 0 Å². The van der Waals surface area contributed by atoms with Gasteiger partial charge >= 0.3 is 0 Å². The van der Waals surface area contributed by atoms with Gasteiger partial charge in [0.25, 0.3) is 0 Å². The Kier molecular flexibility index (Phi) is 2.22. The minimum atomic E-state index is -0.146. The number of rotatable bonds is 1. The topological polar surface area (TPSA) is 12.9 Å². The molecule has 0 bridgehead atoms. The molecule has 1 nitrogen and oxygen atoms in total. The monoisotopic (exact) mass is 153 g/mol. The molecule has 0 aromatic carbocycles. The van der Waals surface area contributed by atoms with Gasteiger partial charge in [-0.3, -0.25) is 4.98 Å². The van der Waals surface area contributed by atoms with Crippen LogP contribution in [0.25, 0.3) is 0 Å². The first kappa shape index (κ1) is 8.18. The van der Waals surface area contributed by atoms with Gasteiger partial charge in [-0.1, -0.05) is 13.8 Å². The highest BCUT2D eigenvalue weighted by Crippen LogP contribution is 2.19. The van der Waals surface area contributed by atoms with E-state index in [1.165, 1.54) is 12.3 Å². The van der Waals surface area contributed by atoms with Crippen LogP contribution in [0.15, 0.2) is 12.3 Å². The Morgan fingerprint density at radius 3 is 2.45 bits per heavy atom. The van der Waals surface area contributed by atoms with Crippen molar-refractivity contribution >= 4 is 0 Å². The molecule has 1 aromatic rings. The standard InChI is InChI=1S/C9H12FN/c1-6(2)9-7(3)11-5-4-8(9)10/h4-6H,1-3H3. The summed E-state index contributed by atoms with van der Waals surface area (Å²) in [4.78, 5) is 4.02. The molecule has 1 rings (SSSR count). The van der Waals surface area contributed by atoms with Gasteiger partial charge in [0.15, 0.2) is 0 Å². The molecule has 0 N–H and O–H groups in total. The number of pyridine rings is 1. The van der Waals surface area contributed by atoms with Crippen molar-refractivity contribution in [1.82, 2.24) is 4.98 Å². The minimum absolute atomic E-state index is 0.146. The normalized spacial score (nSPS) is 10.6. The van der Waals surface area contributed by atoms with E-state index in [-0.39, 0.29) is 11.7 Å². The van der Waals surface area contributed by atoms with Crippen molar-refractivity contribution in [1.29, 1.82) is 0 Å². The summed E-state index contributed by atoms with van der Waals surface area (Å²) in [6, 6.07) is 1.41. The molecular formula is C9H12FN. The molecule has 0 saturated heterocycles. The summed E-state index contributed by atoms with van der Waals surface area (Å²) in [5, 5.41) is 0. The van der Waals surface area contributed by atoms with Gasteiger partial charge in [0, 0.05) is 17.5 Å². The lowest BCUT2D eigenvalue weighted by Gasteiger charge is -2.08. The molecule has 1 heterocycles. The molecule has 11 heavy (non-hydrogen) atoms. The van der Waals surface area contributed by atoms with Crippen LogP contribution in [0.4, 0.5) is 4.39 Å². The van der Waals surface area contributed by atoms with Gasteiger partial charge in [0.1, 0.15) is 5.82 Å². The quantitative estimate of drug-likeness (QED) is 0.604. The lowest BCUT2D eigenvalue weighted by molar-refractivity contribution is 0.591. The molecule has 0 radical (unpaired) electrons. The third-order valence-corrected chi connectivity index (χ3v) is 1.71. The number of halogens is 1. The molecule has 0 aliphatic heterocycles. The van der Waals surface area contributed by atoms with Crippen molar-refractivity contribution in [2.45, 2.75) is 26.7 Å². The van der Waals surface area contributed by atoms with E-state index in [1.807, 2.05) is 20.8 Å². The molecule has 0 fully saturated rings. The summed E-state index contributed by atoms with van der Waals surface area (Å²) in [5.74, 6) is 0.0659. The highest BCUT2D eigenvalue weighted by atomic mass is 19.1. The predicted octanol–water partition coefficient (Wildman–Crippen LogP) is 2.65. The average Bonchev–Trinajstić information content (AvgIpc) is 1.85. The Hall–Kier alpha value is -0.920.